The van der Waals surface area contributed by atoms with E-state index in [1.807, 2.05) is 0 Å². The maximum atomic E-state index is 12.9. The standard InChI is InChI=1S/C22H22N4O4/c1-13(27)24-14-6-8-15(9-7-14)25-19(28)12-23-21(29)20-17-4-2-3-5-18(17)22(30)26(20)16-10-11-16/h2-9,16,20H,10-12H2,1H3,(H,23,29)(H,24,27)(H,25,28). The van der Waals surface area contributed by atoms with Gasteiger partial charge in [0.25, 0.3) is 5.91 Å². The maximum absolute atomic E-state index is 12.9. The van der Waals surface area contributed by atoms with Crippen molar-refractivity contribution in [1.29, 1.82) is 0 Å². The summed E-state index contributed by atoms with van der Waals surface area (Å²) in [7, 11) is 0. The zero-order valence-corrected chi connectivity index (χ0v) is 16.5. The van der Waals surface area contributed by atoms with Crippen LogP contribution in [0, 0.1) is 0 Å². The van der Waals surface area contributed by atoms with E-state index >= 15 is 0 Å². The van der Waals surface area contributed by atoms with Gasteiger partial charge in [-0.1, -0.05) is 18.2 Å². The highest BCUT2D eigenvalue weighted by Gasteiger charge is 2.47. The summed E-state index contributed by atoms with van der Waals surface area (Å²) < 4.78 is 0. The van der Waals surface area contributed by atoms with Crippen LogP contribution in [-0.4, -0.2) is 41.1 Å². The third kappa shape index (κ3) is 4.03. The van der Waals surface area contributed by atoms with Crippen LogP contribution in [0.3, 0.4) is 0 Å². The summed E-state index contributed by atoms with van der Waals surface area (Å²) in [6, 6.07) is 13.1. The van der Waals surface area contributed by atoms with E-state index in [9.17, 15) is 19.2 Å². The Labute approximate surface area is 173 Å². The summed E-state index contributed by atoms with van der Waals surface area (Å²) in [5.41, 5.74) is 2.40. The molecule has 0 aromatic heterocycles. The van der Waals surface area contributed by atoms with Crippen molar-refractivity contribution in [3.63, 3.8) is 0 Å². The molecule has 2 aliphatic rings. The first-order valence-corrected chi connectivity index (χ1v) is 9.81. The number of amides is 4. The Morgan fingerprint density at radius 3 is 2.23 bits per heavy atom. The molecule has 1 unspecified atom stereocenters. The summed E-state index contributed by atoms with van der Waals surface area (Å²) in [6.07, 6.45) is 1.77. The van der Waals surface area contributed by atoms with E-state index in [1.54, 1.807) is 53.4 Å². The fourth-order valence-corrected chi connectivity index (χ4v) is 3.64. The second-order valence-electron chi connectivity index (χ2n) is 7.46. The van der Waals surface area contributed by atoms with Crippen molar-refractivity contribution in [3.05, 3.63) is 59.7 Å². The van der Waals surface area contributed by atoms with Gasteiger partial charge in [0.15, 0.2) is 0 Å². The van der Waals surface area contributed by atoms with Crippen molar-refractivity contribution in [2.75, 3.05) is 17.2 Å². The first-order valence-electron chi connectivity index (χ1n) is 9.81. The molecule has 8 nitrogen and oxygen atoms in total. The van der Waals surface area contributed by atoms with Crippen LogP contribution in [0.1, 0.15) is 41.7 Å². The molecule has 0 bridgehead atoms. The third-order valence-electron chi connectivity index (χ3n) is 5.10. The summed E-state index contributed by atoms with van der Waals surface area (Å²) in [6.45, 7) is 1.21. The number of nitrogens with zero attached hydrogens (tertiary/aromatic N) is 1. The maximum Gasteiger partial charge on any atom is 0.255 e. The smallest absolute Gasteiger partial charge is 0.255 e. The van der Waals surface area contributed by atoms with E-state index < -0.39 is 6.04 Å². The lowest BCUT2D eigenvalue weighted by atomic mass is 10.0. The lowest BCUT2D eigenvalue weighted by molar-refractivity contribution is -0.127. The van der Waals surface area contributed by atoms with Crippen molar-refractivity contribution >= 4 is 35.0 Å². The van der Waals surface area contributed by atoms with Crippen molar-refractivity contribution in [1.82, 2.24) is 10.2 Å². The van der Waals surface area contributed by atoms with Gasteiger partial charge in [-0.3, -0.25) is 19.2 Å². The minimum absolute atomic E-state index is 0.0802. The Bertz CT molecular complexity index is 1010. The van der Waals surface area contributed by atoms with Gasteiger partial charge in [-0.25, -0.2) is 0 Å². The lowest BCUT2D eigenvalue weighted by Crippen LogP contribution is -2.42. The number of carbonyl (C=O) groups is 4. The van der Waals surface area contributed by atoms with Crippen LogP contribution < -0.4 is 16.0 Å². The van der Waals surface area contributed by atoms with Gasteiger partial charge in [0, 0.05) is 29.9 Å². The Morgan fingerprint density at radius 2 is 1.60 bits per heavy atom. The number of benzene rings is 2. The van der Waals surface area contributed by atoms with Crippen LogP contribution in [0.4, 0.5) is 11.4 Å². The number of carbonyl (C=O) groups excluding carboxylic acids is 4. The van der Waals surface area contributed by atoms with Gasteiger partial charge < -0.3 is 20.9 Å². The average molecular weight is 406 g/mol. The molecular formula is C22H22N4O4. The molecule has 1 saturated carbocycles. The number of hydrogen-bond acceptors (Lipinski definition) is 4. The second kappa shape index (κ2) is 7.98. The SMILES string of the molecule is CC(=O)Nc1ccc(NC(=O)CNC(=O)C2c3ccccc3C(=O)N2C2CC2)cc1. The molecule has 4 amide bonds. The monoisotopic (exact) mass is 406 g/mol. The molecule has 0 spiro atoms. The van der Waals surface area contributed by atoms with Crippen molar-refractivity contribution in [2.45, 2.75) is 31.8 Å². The summed E-state index contributed by atoms with van der Waals surface area (Å²) >= 11 is 0. The van der Waals surface area contributed by atoms with Crippen LogP contribution in [0.15, 0.2) is 48.5 Å². The predicted molar refractivity (Wildman–Crippen MR) is 111 cm³/mol. The zero-order valence-electron chi connectivity index (χ0n) is 16.5. The Morgan fingerprint density at radius 1 is 0.967 bits per heavy atom. The summed E-state index contributed by atoms with van der Waals surface area (Å²) in [5.74, 6) is -1.05. The van der Waals surface area contributed by atoms with Crippen molar-refractivity contribution < 1.29 is 19.2 Å². The quantitative estimate of drug-likeness (QED) is 0.682. The minimum atomic E-state index is -0.703. The summed E-state index contributed by atoms with van der Waals surface area (Å²) in [4.78, 5) is 50.5. The number of rotatable bonds is 6. The van der Waals surface area contributed by atoms with Gasteiger partial charge in [-0.2, -0.15) is 0 Å². The molecule has 1 fully saturated rings. The number of hydrogen-bond donors (Lipinski definition) is 3. The molecule has 8 heteroatoms. The van der Waals surface area contributed by atoms with Gasteiger partial charge in [0.05, 0.1) is 6.54 Å². The number of nitrogens with one attached hydrogen (secondary N) is 3. The molecule has 30 heavy (non-hydrogen) atoms. The Hall–Kier alpha value is -3.68. The van der Waals surface area contributed by atoms with Crippen LogP contribution >= 0.6 is 0 Å². The molecule has 2 aromatic carbocycles. The third-order valence-corrected chi connectivity index (χ3v) is 5.10. The first kappa shape index (κ1) is 19.6. The first-order chi connectivity index (χ1) is 14.4. The van der Waals surface area contributed by atoms with Crippen LogP contribution in [0.2, 0.25) is 0 Å². The highest BCUT2D eigenvalue weighted by Crippen LogP contribution is 2.41. The number of fused-ring (bicyclic) bond motifs is 1. The van der Waals surface area contributed by atoms with E-state index in [-0.39, 0.29) is 36.2 Å². The molecule has 0 saturated heterocycles. The Kier molecular flexibility index (Phi) is 5.22. The molecule has 2 aromatic rings. The van der Waals surface area contributed by atoms with Crippen LogP contribution in [-0.2, 0) is 14.4 Å². The number of anilines is 2. The topological polar surface area (TPSA) is 108 Å². The average Bonchev–Trinajstić information content (AvgIpc) is 3.51. The molecule has 1 aliphatic carbocycles. The van der Waals surface area contributed by atoms with E-state index in [0.717, 1.165) is 12.8 Å². The molecule has 0 radical (unpaired) electrons. The predicted octanol–water partition coefficient (Wildman–Crippen LogP) is 2.06. The van der Waals surface area contributed by atoms with E-state index in [0.29, 0.717) is 22.5 Å². The highest BCUT2D eigenvalue weighted by molar-refractivity contribution is 6.05. The lowest BCUT2D eigenvalue weighted by Gasteiger charge is -2.24. The Balaban J connectivity index is 1.37. The van der Waals surface area contributed by atoms with Gasteiger partial charge in [0.1, 0.15) is 6.04 Å². The molecule has 1 atom stereocenters. The largest absolute Gasteiger partial charge is 0.345 e. The van der Waals surface area contributed by atoms with Crippen molar-refractivity contribution in [2.24, 2.45) is 0 Å². The van der Waals surface area contributed by atoms with Crippen LogP contribution in [0.5, 0.6) is 0 Å². The van der Waals surface area contributed by atoms with E-state index in [2.05, 4.69) is 16.0 Å². The van der Waals surface area contributed by atoms with Gasteiger partial charge in [-0.05, 0) is 48.7 Å². The molecular weight excluding hydrogens is 384 g/mol. The fraction of sp³-hybridized carbons (Fsp3) is 0.273. The molecule has 4 rings (SSSR count). The summed E-state index contributed by atoms with van der Waals surface area (Å²) in [5, 5.41) is 8.00. The zero-order chi connectivity index (χ0) is 21.3. The normalized spacial score (nSPS) is 17.3. The molecule has 3 N–H and O–H groups in total. The second-order valence-corrected chi connectivity index (χ2v) is 7.46. The molecule has 154 valence electrons. The highest BCUT2D eigenvalue weighted by atomic mass is 16.2. The van der Waals surface area contributed by atoms with Crippen LogP contribution in [0.25, 0.3) is 0 Å². The van der Waals surface area contributed by atoms with Gasteiger partial charge in [0.2, 0.25) is 17.7 Å². The molecule has 1 heterocycles. The van der Waals surface area contributed by atoms with E-state index in [4.69, 9.17) is 0 Å². The van der Waals surface area contributed by atoms with Gasteiger partial charge in [-0.15, -0.1) is 0 Å². The van der Waals surface area contributed by atoms with E-state index in [1.165, 1.54) is 6.92 Å². The fourth-order valence-electron chi connectivity index (χ4n) is 3.64. The molecule has 1 aliphatic heterocycles. The van der Waals surface area contributed by atoms with Crippen molar-refractivity contribution in [3.8, 4) is 0 Å². The van der Waals surface area contributed by atoms with Gasteiger partial charge >= 0.3 is 0 Å². The minimum Gasteiger partial charge on any atom is -0.345 e.